The molecular formula is C27H32N2O3S. The molecule has 4 rings (SSSR count). The van der Waals surface area contributed by atoms with Crippen LogP contribution in [0.4, 0.5) is 0 Å². The lowest BCUT2D eigenvalue weighted by Gasteiger charge is -2.32. The van der Waals surface area contributed by atoms with Gasteiger partial charge in [-0.25, -0.2) is 0 Å². The van der Waals surface area contributed by atoms with E-state index >= 15 is 0 Å². The zero-order chi connectivity index (χ0) is 23.0. The molecule has 1 saturated carbocycles. The maximum absolute atomic E-state index is 13.6. The smallest absolute Gasteiger partial charge is 0.250 e. The largest absolute Gasteiger partial charge is 0.467 e. The monoisotopic (exact) mass is 464 g/mol. The molecule has 1 N–H and O–H groups in total. The van der Waals surface area contributed by atoms with Gasteiger partial charge in [0.05, 0.1) is 12.7 Å². The summed E-state index contributed by atoms with van der Waals surface area (Å²) in [5, 5.41) is 5.19. The SMILES string of the molecule is Cc1ccccc1CCN(C(=O)Cc1cccs1)[C@H](C(=O)NC1CCCCC1)c1ccco1. The van der Waals surface area contributed by atoms with E-state index in [2.05, 4.69) is 24.4 Å². The Balaban J connectivity index is 1.60. The van der Waals surface area contributed by atoms with E-state index in [-0.39, 0.29) is 24.3 Å². The molecule has 1 fully saturated rings. The Morgan fingerprint density at radius 3 is 2.61 bits per heavy atom. The third-order valence-corrected chi connectivity index (χ3v) is 7.31. The van der Waals surface area contributed by atoms with Crippen LogP contribution in [0.5, 0.6) is 0 Å². The number of carbonyl (C=O) groups is 2. The Morgan fingerprint density at radius 2 is 1.91 bits per heavy atom. The zero-order valence-electron chi connectivity index (χ0n) is 19.2. The first-order chi connectivity index (χ1) is 16.1. The lowest BCUT2D eigenvalue weighted by atomic mass is 9.95. The van der Waals surface area contributed by atoms with Crippen LogP contribution in [0.15, 0.2) is 64.6 Å². The second-order valence-electron chi connectivity index (χ2n) is 8.78. The van der Waals surface area contributed by atoms with Crippen molar-refractivity contribution in [1.29, 1.82) is 0 Å². The second-order valence-corrected chi connectivity index (χ2v) is 9.81. The number of thiophene rings is 1. The first-order valence-electron chi connectivity index (χ1n) is 11.8. The van der Waals surface area contributed by atoms with Gasteiger partial charge in [-0.15, -0.1) is 11.3 Å². The van der Waals surface area contributed by atoms with E-state index in [1.807, 2.05) is 29.6 Å². The maximum Gasteiger partial charge on any atom is 0.250 e. The van der Waals surface area contributed by atoms with Crippen molar-refractivity contribution in [3.63, 3.8) is 0 Å². The highest BCUT2D eigenvalue weighted by Crippen LogP contribution is 2.26. The Bertz CT molecular complexity index is 1020. The number of aryl methyl sites for hydroxylation is 1. The molecule has 3 aromatic rings. The minimum Gasteiger partial charge on any atom is -0.467 e. The first-order valence-corrected chi connectivity index (χ1v) is 12.7. The van der Waals surface area contributed by atoms with Gasteiger partial charge >= 0.3 is 0 Å². The Hall–Kier alpha value is -2.86. The van der Waals surface area contributed by atoms with Crippen LogP contribution in [0.3, 0.4) is 0 Å². The average Bonchev–Trinajstić information content (AvgIpc) is 3.52. The highest BCUT2D eigenvalue weighted by molar-refractivity contribution is 7.10. The fourth-order valence-electron chi connectivity index (χ4n) is 4.59. The van der Waals surface area contributed by atoms with Crippen LogP contribution in [0.25, 0.3) is 0 Å². The van der Waals surface area contributed by atoms with Gasteiger partial charge in [0, 0.05) is 17.5 Å². The third kappa shape index (κ3) is 6.14. The molecule has 0 aliphatic heterocycles. The van der Waals surface area contributed by atoms with Gasteiger partial charge in [0.25, 0.3) is 5.91 Å². The van der Waals surface area contributed by atoms with Crippen molar-refractivity contribution in [3.05, 3.63) is 81.9 Å². The van der Waals surface area contributed by atoms with Crippen molar-refractivity contribution >= 4 is 23.2 Å². The molecule has 2 heterocycles. The van der Waals surface area contributed by atoms with Gasteiger partial charge in [-0.1, -0.05) is 49.6 Å². The van der Waals surface area contributed by atoms with Crippen molar-refractivity contribution in [1.82, 2.24) is 10.2 Å². The van der Waals surface area contributed by atoms with E-state index in [0.717, 1.165) is 30.6 Å². The molecule has 0 saturated heterocycles. The van der Waals surface area contributed by atoms with Crippen LogP contribution in [0.2, 0.25) is 0 Å². The number of rotatable bonds is 9. The van der Waals surface area contributed by atoms with E-state index in [1.54, 1.807) is 34.6 Å². The number of nitrogens with zero attached hydrogens (tertiary/aromatic N) is 1. The van der Waals surface area contributed by atoms with Crippen LogP contribution in [-0.2, 0) is 22.4 Å². The summed E-state index contributed by atoms with van der Waals surface area (Å²) in [5.74, 6) is 0.292. The minimum atomic E-state index is -0.779. The van der Waals surface area contributed by atoms with Crippen LogP contribution in [0.1, 0.15) is 59.9 Å². The Kier molecular flexibility index (Phi) is 8.00. The normalized spacial score (nSPS) is 15.2. The zero-order valence-corrected chi connectivity index (χ0v) is 20.0. The summed E-state index contributed by atoms with van der Waals surface area (Å²) in [7, 11) is 0. The van der Waals surface area contributed by atoms with Gasteiger partial charge < -0.3 is 14.6 Å². The average molecular weight is 465 g/mol. The number of amides is 2. The van der Waals surface area contributed by atoms with Gasteiger partial charge in [0.15, 0.2) is 6.04 Å². The number of hydrogen-bond acceptors (Lipinski definition) is 4. The fourth-order valence-corrected chi connectivity index (χ4v) is 5.29. The van der Waals surface area contributed by atoms with E-state index in [1.165, 1.54) is 17.5 Å². The van der Waals surface area contributed by atoms with Crippen molar-refractivity contribution in [3.8, 4) is 0 Å². The highest BCUT2D eigenvalue weighted by atomic mass is 32.1. The molecule has 1 aliphatic rings. The lowest BCUT2D eigenvalue weighted by molar-refractivity contribution is -0.141. The third-order valence-electron chi connectivity index (χ3n) is 6.43. The lowest BCUT2D eigenvalue weighted by Crippen LogP contribution is -2.48. The molecule has 0 bridgehead atoms. The van der Waals surface area contributed by atoms with Crippen LogP contribution >= 0.6 is 11.3 Å². The molecule has 1 aromatic carbocycles. The second kappa shape index (κ2) is 11.3. The molecule has 2 aromatic heterocycles. The molecule has 33 heavy (non-hydrogen) atoms. The molecule has 174 valence electrons. The van der Waals surface area contributed by atoms with E-state index < -0.39 is 6.04 Å². The van der Waals surface area contributed by atoms with E-state index in [9.17, 15) is 9.59 Å². The summed E-state index contributed by atoms with van der Waals surface area (Å²) in [6, 6.07) is 15.1. The molecule has 6 heteroatoms. The van der Waals surface area contributed by atoms with Gasteiger partial charge in [-0.2, -0.15) is 0 Å². The highest BCUT2D eigenvalue weighted by Gasteiger charge is 2.34. The number of carbonyl (C=O) groups excluding carboxylic acids is 2. The van der Waals surface area contributed by atoms with Crippen molar-refractivity contribution in [2.24, 2.45) is 0 Å². The number of furan rings is 1. The van der Waals surface area contributed by atoms with Crippen molar-refractivity contribution in [2.75, 3.05) is 6.54 Å². The molecule has 0 spiro atoms. The van der Waals surface area contributed by atoms with E-state index in [4.69, 9.17) is 4.42 Å². The molecule has 5 nitrogen and oxygen atoms in total. The minimum absolute atomic E-state index is 0.0637. The summed E-state index contributed by atoms with van der Waals surface area (Å²) in [4.78, 5) is 29.8. The molecule has 1 atom stereocenters. The standard InChI is InChI=1S/C27H32N2O3S/c1-20-9-5-6-10-21(20)15-16-29(25(30)19-23-13-8-18-33-23)26(24-14-7-17-32-24)27(31)28-22-11-3-2-4-12-22/h5-10,13-14,17-18,22,26H,2-4,11-12,15-16,19H2,1H3,(H,28,31)/t26-/m0/s1. The van der Waals surface area contributed by atoms with Gasteiger partial charge in [-0.05, 0) is 60.9 Å². The van der Waals surface area contributed by atoms with Gasteiger partial charge in [0.2, 0.25) is 5.91 Å². The molecule has 0 unspecified atom stereocenters. The van der Waals surface area contributed by atoms with Gasteiger partial charge in [0.1, 0.15) is 5.76 Å². The molecule has 1 aliphatic carbocycles. The number of nitrogens with one attached hydrogen (secondary N) is 1. The summed E-state index contributed by atoms with van der Waals surface area (Å²) in [5.41, 5.74) is 2.36. The topological polar surface area (TPSA) is 62.6 Å². The number of hydrogen-bond donors (Lipinski definition) is 1. The Labute approximate surface area is 199 Å². The molecule has 0 radical (unpaired) electrons. The predicted molar refractivity (Wildman–Crippen MR) is 131 cm³/mol. The molecule has 2 amide bonds. The fraction of sp³-hybridized carbons (Fsp3) is 0.407. The summed E-state index contributed by atoms with van der Waals surface area (Å²) in [6.07, 6.45) is 7.98. The first kappa shape index (κ1) is 23.3. The predicted octanol–water partition coefficient (Wildman–Crippen LogP) is 5.45. The quantitative estimate of drug-likeness (QED) is 0.458. The maximum atomic E-state index is 13.6. The van der Waals surface area contributed by atoms with Crippen LogP contribution in [-0.4, -0.2) is 29.3 Å². The van der Waals surface area contributed by atoms with Crippen molar-refractivity contribution < 1.29 is 14.0 Å². The van der Waals surface area contributed by atoms with Crippen molar-refractivity contribution in [2.45, 2.75) is 64.0 Å². The summed E-state index contributed by atoms with van der Waals surface area (Å²) in [6.45, 7) is 2.52. The number of benzene rings is 1. The van der Waals surface area contributed by atoms with E-state index in [0.29, 0.717) is 18.7 Å². The van der Waals surface area contributed by atoms with Gasteiger partial charge in [-0.3, -0.25) is 9.59 Å². The summed E-state index contributed by atoms with van der Waals surface area (Å²) >= 11 is 1.56. The Morgan fingerprint density at radius 1 is 1.09 bits per heavy atom. The van der Waals surface area contributed by atoms with Crippen LogP contribution < -0.4 is 5.32 Å². The van der Waals surface area contributed by atoms with Crippen LogP contribution in [0, 0.1) is 6.92 Å². The molecular weight excluding hydrogens is 432 g/mol. The summed E-state index contributed by atoms with van der Waals surface area (Å²) < 4.78 is 5.70.